The van der Waals surface area contributed by atoms with Crippen LogP contribution in [-0.2, 0) is 9.22 Å². The highest BCUT2D eigenvalue weighted by Crippen LogP contribution is 2.60. The molecule has 0 spiro atoms. The average molecular weight is 350 g/mol. The molecule has 2 aliphatic rings. The predicted octanol–water partition coefficient (Wildman–Crippen LogP) is 5.32. The van der Waals surface area contributed by atoms with E-state index in [-0.39, 0.29) is 39.6 Å². The number of nitrogens with zero attached hydrogens (tertiary/aromatic N) is 1. The number of carbonyl (C=O) groups is 1. The minimum Gasteiger partial charge on any atom is -0.413 e. The molecule has 2 saturated carbocycles. The Kier molecular flexibility index (Phi) is 4.87. The summed E-state index contributed by atoms with van der Waals surface area (Å²) in [5.74, 6) is 0.348. The average Bonchev–Trinajstić information content (AvgIpc) is 2.42. The van der Waals surface area contributed by atoms with Crippen LogP contribution in [0.25, 0.3) is 0 Å². The van der Waals surface area contributed by atoms with Crippen LogP contribution in [0.1, 0.15) is 67.2 Å². The van der Waals surface area contributed by atoms with Gasteiger partial charge in [0.15, 0.2) is 8.32 Å². The molecule has 24 heavy (non-hydrogen) atoms. The molecule has 0 amide bonds. The lowest BCUT2D eigenvalue weighted by atomic mass is 9.47. The molecule has 136 valence electrons. The molecule has 0 saturated heterocycles. The highest BCUT2D eigenvalue weighted by molar-refractivity contribution is 6.74. The molecule has 0 unspecified atom stereocenters. The molecule has 0 N–H and O–H groups in total. The zero-order chi connectivity index (χ0) is 18.6. The molecule has 0 aromatic carbocycles. The predicted molar refractivity (Wildman–Crippen MR) is 100 cm³/mol. The normalized spacial score (nSPS) is 36.8. The quantitative estimate of drug-likeness (QED) is 0.634. The largest absolute Gasteiger partial charge is 0.413 e. The fraction of sp³-hybridized carbons (Fsp3) is 0.900. The van der Waals surface area contributed by atoms with Crippen LogP contribution >= 0.6 is 0 Å². The molecule has 4 atom stereocenters. The van der Waals surface area contributed by atoms with Gasteiger partial charge in [-0.25, -0.2) is 0 Å². The number of hydrogen-bond acceptors (Lipinski definition) is 3. The molecule has 0 bridgehead atoms. The van der Waals surface area contributed by atoms with Gasteiger partial charge in [-0.2, -0.15) is 5.26 Å². The van der Waals surface area contributed by atoms with E-state index >= 15 is 0 Å². The number of ketones is 1. The summed E-state index contributed by atoms with van der Waals surface area (Å²) in [6.07, 6.45) is 3.22. The Bertz CT molecular complexity index is 555. The Morgan fingerprint density at radius 1 is 1.21 bits per heavy atom. The SMILES string of the molecule is CC1(C)[C@@H](O[Si](C)(C)C(C)(C)C)CC[C@@]2(C)[C@@H]1CC(=O)C[C@@H]2C#N. The number of hydrogen-bond donors (Lipinski definition) is 0. The molecule has 0 radical (unpaired) electrons. The zero-order valence-corrected chi connectivity index (χ0v) is 17.8. The monoisotopic (exact) mass is 349 g/mol. The Balaban J connectivity index is 2.33. The van der Waals surface area contributed by atoms with Crippen molar-refractivity contribution in [2.75, 3.05) is 0 Å². The van der Waals surface area contributed by atoms with Crippen molar-refractivity contribution in [1.82, 2.24) is 0 Å². The van der Waals surface area contributed by atoms with E-state index in [4.69, 9.17) is 4.43 Å². The van der Waals surface area contributed by atoms with Gasteiger partial charge in [0.2, 0.25) is 0 Å². The van der Waals surface area contributed by atoms with Crippen molar-refractivity contribution in [3.63, 3.8) is 0 Å². The van der Waals surface area contributed by atoms with Gasteiger partial charge in [0.05, 0.1) is 18.1 Å². The van der Waals surface area contributed by atoms with Crippen LogP contribution in [-0.4, -0.2) is 20.2 Å². The summed E-state index contributed by atoms with van der Waals surface area (Å²) in [4.78, 5) is 12.3. The third kappa shape index (κ3) is 3.10. The van der Waals surface area contributed by atoms with E-state index in [2.05, 4.69) is 60.7 Å². The second-order valence-electron chi connectivity index (χ2n) is 10.4. The van der Waals surface area contributed by atoms with Crippen LogP contribution in [0.3, 0.4) is 0 Å². The van der Waals surface area contributed by atoms with Crippen LogP contribution in [0.4, 0.5) is 0 Å². The molecule has 0 heterocycles. The van der Waals surface area contributed by atoms with Crippen molar-refractivity contribution < 1.29 is 9.22 Å². The van der Waals surface area contributed by atoms with Crippen LogP contribution in [0.2, 0.25) is 18.1 Å². The van der Waals surface area contributed by atoms with Crippen LogP contribution in [0, 0.1) is 34.0 Å². The molecule has 0 aromatic rings. The van der Waals surface area contributed by atoms with E-state index < -0.39 is 8.32 Å². The van der Waals surface area contributed by atoms with Crippen molar-refractivity contribution in [3.05, 3.63) is 0 Å². The van der Waals surface area contributed by atoms with Gasteiger partial charge in [-0.1, -0.05) is 41.5 Å². The van der Waals surface area contributed by atoms with Gasteiger partial charge in [0, 0.05) is 12.8 Å². The smallest absolute Gasteiger partial charge is 0.192 e. The summed E-state index contributed by atoms with van der Waals surface area (Å²) in [7, 11) is -1.85. The maximum Gasteiger partial charge on any atom is 0.192 e. The molecule has 3 nitrogen and oxygen atoms in total. The first-order valence-electron chi connectivity index (χ1n) is 9.35. The van der Waals surface area contributed by atoms with E-state index in [0.29, 0.717) is 12.8 Å². The molecule has 0 aliphatic heterocycles. The van der Waals surface area contributed by atoms with Gasteiger partial charge in [-0.05, 0) is 47.7 Å². The minimum absolute atomic E-state index is 0.0561. The summed E-state index contributed by atoms with van der Waals surface area (Å²) in [5, 5.41) is 9.80. The van der Waals surface area contributed by atoms with Crippen molar-refractivity contribution in [1.29, 1.82) is 5.26 Å². The Hall–Kier alpha value is -0.663. The standard InChI is InChI=1S/C20H35NO2Si/c1-18(2,3)24(7,8)23-17-9-10-20(6)14(13-21)11-15(22)12-16(20)19(17,4)5/h14,16-17H,9-12H2,1-8H3/t14-,16-,17+,20-/m1/s1. The summed E-state index contributed by atoms with van der Waals surface area (Å²) >= 11 is 0. The maximum absolute atomic E-state index is 12.3. The van der Waals surface area contributed by atoms with E-state index in [1.54, 1.807) is 0 Å². The van der Waals surface area contributed by atoms with Crippen LogP contribution in [0.5, 0.6) is 0 Å². The van der Waals surface area contributed by atoms with Crippen LogP contribution < -0.4 is 0 Å². The molecular weight excluding hydrogens is 314 g/mol. The van der Waals surface area contributed by atoms with Crippen molar-refractivity contribution in [3.8, 4) is 6.07 Å². The topological polar surface area (TPSA) is 50.1 Å². The number of carbonyl (C=O) groups excluding carboxylic acids is 1. The van der Waals surface area contributed by atoms with Gasteiger partial charge in [-0.3, -0.25) is 4.79 Å². The number of Topliss-reactive ketones (excluding diaryl/α,β-unsaturated/α-hetero) is 1. The molecule has 4 heteroatoms. The summed E-state index contributed by atoms with van der Waals surface area (Å²) in [6, 6.07) is 2.45. The van der Waals surface area contributed by atoms with Crippen LogP contribution in [0.15, 0.2) is 0 Å². The van der Waals surface area contributed by atoms with Gasteiger partial charge in [0.1, 0.15) is 5.78 Å². The lowest BCUT2D eigenvalue weighted by Crippen LogP contribution is -2.58. The number of rotatable bonds is 2. The lowest BCUT2D eigenvalue weighted by Gasteiger charge is -2.59. The first kappa shape index (κ1) is 19.7. The fourth-order valence-electron chi connectivity index (χ4n) is 4.68. The zero-order valence-electron chi connectivity index (χ0n) is 16.8. The third-order valence-electron chi connectivity index (χ3n) is 7.53. The fourth-order valence-corrected chi connectivity index (χ4v) is 6.17. The molecule has 2 fully saturated rings. The first-order chi connectivity index (χ1) is 10.8. The summed E-state index contributed by atoms with van der Waals surface area (Å²) < 4.78 is 6.80. The molecule has 2 aliphatic carbocycles. The van der Waals surface area contributed by atoms with Crippen molar-refractivity contribution >= 4 is 14.1 Å². The number of nitriles is 1. The number of fused-ring (bicyclic) bond motifs is 1. The highest BCUT2D eigenvalue weighted by Gasteiger charge is 2.58. The Labute approximate surface area is 149 Å². The summed E-state index contributed by atoms with van der Waals surface area (Å²) in [6.45, 7) is 18.2. The van der Waals surface area contributed by atoms with Gasteiger partial charge in [-0.15, -0.1) is 0 Å². The molecular formula is C20H35NO2Si. The molecule has 0 aromatic heterocycles. The first-order valence-corrected chi connectivity index (χ1v) is 12.3. The van der Waals surface area contributed by atoms with Gasteiger partial charge < -0.3 is 4.43 Å². The lowest BCUT2D eigenvalue weighted by molar-refractivity contribution is -0.147. The summed E-state index contributed by atoms with van der Waals surface area (Å²) in [5.41, 5.74) is -0.132. The van der Waals surface area contributed by atoms with Crippen molar-refractivity contribution in [2.24, 2.45) is 22.7 Å². The second-order valence-corrected chi connectivity index (χ2v) is 15.2. The molecule has 2 rings (SSSR count). The second kappa shape index (κ2) is 5.95. The Morgan fingerprint density at radius 3 is 2.29 bits per heavy atom. The highest BCUT2D eigenvalue weighted by atomic mass is 28.4. The Morgan fingerprint density at radius 2 is 1.79 bits per heavy atom. The van der Waals surface area contributed by atoms with Crippen molar-refractivity contribution in [2.45, 2.75) is 91.5 Å². The maximum atomic E-state index is 12.3. The van der Waals surface area contributed by atoms with E-state index in [1.807, 2.05) is 0 Å². The van der Waals surface area contributed by atoms with Gasteiger partial charge in [0.25, 0.3) is 0 Å². The van der Waals surface area contributed by atoms with E-state index in [9.17, 15) is 10.1 Å². The third-order valence-corrected chi connectivity index (χ3v) is 12.0. The minimum atomic E-state index is -1.85. The van der Waals surface area contributed by atoms with E-state index in [1.165, 1.54) is 0 Å². The van der Waals surface area contributed by atoms with E-state index in [0.717, 1.165) is 12.8 Å². The van der Waals surface area contributed by atoms with Gasteiger partial charge >= 0.3 is 0 Å².